The van der Waals surface area contributed by atoms with Crippen LogP contribution in [0.2, 0.25) is 5.02 Å². The highest BCUT2D eigenvalue weighted by atomic mass is 35.5. The second-order valence-corrected chi connectivity index (χ2v) is 9.91. The molecule has 0 atom stereocenters. The topological polar surface area (TPSA) is 103 Å². The molecule has 5 rings (SSSR count). The maximum atomic E-state index is 13.3. The third-order valence-corrected chi connectivity index (χ3v) is 7.75. The standard InChI is InChI=1S/C22H20ClN5O4S/c1-27-18-10-11-28(33(29,30)15-8-9-19(31-2)17(23)12-15)13-16(18)20(26-27)22-25-24-21(32-22)14-6-4-3-5-7-14/h3-9,12H,10-11,13H2,1-2H3. The molecule has 0 saturated carbocycles. The highest BCUT2D eigenvalue weighted by Gasteiger charge is 2.34. The van der Waals surface area contributed by atoms with Crippen molar-refractivity contribution in [1.82, 2.24) is 24.3 Å². The zero-order chi connectivity index (χ0) is 23.2. The Morgan fingerprint density at radius 3 is 2.58 bits per heavy atom. The van der Waals surface area contributed by atoms with Crippen LogP contribution in [0.4, 0.5) is 0 Å². The minimum absolute atomic E-state index is 0.103. The lowest BCUT2D eigenvalue weighted by atomic mass is 10.1. The number of methoxy groups -OCH3 is 1. The first-order chi connectivity index (χ1) is 15.9. The van der Waals surface area contributed by atoms with Crippen molar-refractivity contribution in [1.29, 1.82) is 0 Å². The molecule has 0 N–H and O–H groups in total. The zero-order valence-electron chi connectivity index (χ0n) is 17.9. The molecule has 11 heteroatoms. The van der Waals surface area contributed by atoms with Crippen molar-refractivity contribution in [3.05, 3.63) is 64.8 Å². The van der Waals surface area contributed by atoms with Gasteiger partial charge in [0.2, 0.25) is 15.9 Å². The Morgan fingerprint density at radius 1 is 1.09 bits per heavy atom. The molecule has 9 nitrogen and oxygen atoms in total. The van der Waals surface area contributed by atoms with E-state index in [4.69, 9.17) is 20.8 Å². The van der Waals surface area contributed by atoms with Gasteiger partial charge in [-0.15, -0.1) is 10.2 Å². The highest BCUT2D eigenvalue weighted by Crippen LogP contribution is 2.34. The van der Waals surface area contributed by atoms with E-state index in [0.717, 1.165) is 16.8 Å². The van der Waals surface area contributed by atoms with Gasteiger partial charge in [-0.05, 0) is 30.3 Å². The van der Waals surface area contributed by atoms with Crippen molar-refractivity contribution in [2.24, 2.45) is 7.05 Å². The monoisotopic (exact) mass is 485 g/mol. The smallest absolute Gasteiger partial charge is 0.268 e. The van der Waals surface area contributed by atoms with Gasteiger partial charge in [0.25, 0.3) is 5.89 Å². The Bertz CT molecular complexity index is 1430. The number of hydrogen-bond donors (Lipinski definition) is 0. The summed E-state index contributed by atoms with van der Waals surface area (Å²) in [6.07, 6.45) is 0.502. The molecule has 4 aromatic rings. The molecule has 0 amide bonds. The normalized spacial score (nSPS) is 14.3. The summed E-state index contributed by atoms with van der Waals surface area (Å²) in [6, 6.07) is 13.9. The Morgan fingerprint density at radius 2 is 1.85 bits per heavy atom. The summed E-state index contributed by atoms with van der Waals surface area (Å²) in [5.74, 6) is 1.03. The third-order valence-electron chi connectivity index (χ3n) is 5.62. The number of benzene rings is 2. The fourth-order valence-corrected chi connectivity index (χ4v) is 5.68. The molecular weight excluding hydrogens is 466 g/mol. The molecule has 2 aromatic heterocycles. The molecule has 0 bridgehead atoms. The van der Waals surface area contributed by atoms with Crippen LogP contribution in [0.1, 0.15) is 11.3 Å². The van der Waals surface area contributed by atoms with Crippen molar-refractivity contribution < 1.29 is 17.6 Å². The fraction of sp³-hybridized carbons (Fsp3) is 0.227. The van der Waals surface area contributed by atoms with Gasteiger partial charge in [0, 0.05) is 43.4 Å². The van der Waals surface area contributed by atoms with Gasteiger partial charge in [-0.2, -0.15) is 9.40 Å². The molecule has 0 aliphatic carbocycles. The molecule has 33 heavy (non-hydrogen) atoms. The second kappa shape index (κ2) is 8.29. The molecule has 170 valence electrons. The fourth-order valence-electron chi connectivity index (χ4n) is 3.92. The third kappa shape index (κ3) is 3.79. The molecule has 0 fully saturated rings. The Kier molecular flexibility index (Phi) is 5.43. The van der Waals surface area contributed by atoms with Crippen LogP contribution in [0.15, 0.2) is 57.8 Å². The first-order valence-electron chi connectivity index (χ1n) is 10.2. The van der Waals surface area contributed by atoms with Crippen LogP contribution in [-0.2, 0) is 30.0 Å². The Labute approximate surface area is 195 Å². The summed E-state index contributed by atoms with van der Waals surface area (Å²) < 4.78 is 40.8. The van der Waals surface area contributed by atoms with Crippen LogP contribution in [-0.4, -0.2) is 46.4 Å². The highest BCUT2D eigenvalue weighted by molar-refractivity contribution is 7.89. The molecule has 0 spiro atoms. The number of rotatable bonds is 5. The van der Waals surface area contributed by atoms with Crippen LogP contribution in [0.5, 0.6) is 5.75 Å². The van der Waals surface area contributed by atoms with E-state index in [2.05, 4.69) is 15.3 Å². The summed E-state index contributed by atoms with van der Waals surface area (Å²) in [7, 11) is -0.488. The predicted octanol–water partition coefficient (Wildman–Crippen LogP) is 3.55. The number of nitrogens with zero attached hydrogens (tertiary/aromatic N) is 5. The predicted molar refractivity (Wildman–Crippen MR) is 121 cm³/mol. The molecule has 2 aromatic carbocycles. The SMILES string of the molecule is COc1ccc(S(=O)(=O)N2CCc3c(c(-c4nnc(-c5ccccc5)o4)nn3C)C2)cc1Cl. The Balaban J connectivity index is 1.49. The van der Waals surface area contributed by atoms with Gasteiger partial charge >= 0.3 is 0 Å². The zero-order valence-corrected chi connectivity index (χ0v) is 19.5. The van der Waals surface area contributed by atoms with Gasteiger partial charge < -0.3 is 9.15 Å². The number of sulfonamides is 1. The lowest BCUT2D eigenvalue weighted by molar-refractivity contribution is 0.385. The number of halogens is 1. The maximum absolute atomic E-state index is 13.3. The van der Waals surface area contributed by atoms with Gasteiger partial charge in [-0.1, -0.05) is 29.8 Å². The summed E-state index contributed by atoms with van der Waals surface area (Å²) in [4.78, 5) is 0.103. The lowest BCUT2D eigenvalue weighted by Crippen LogP contribution is -2.36. The molecule has 0 saturated heterocycles. The van der Waals surface area contributed by atoms with Crippen molar-refractivity contribution in [3.63, 3.8) is 0 Å². The first kappa shape index (κ1) is 21.6. The minimum Gasteiger partial charge on any atom is -0.495 e. The van der Waals surface area contributed by atoms with E-state index in [9.17, 15) is 8.42 Å². The number of fused-ring (bicyclic) bond motifs is 1. The summed E-state index contributed by atoms with van der Waals surface area (Å²) >= 11 is 6.17. The number of hydrogen-bond acceptors (Lipinski definition) is 7. The first-order valence-corrected chi connectivity index (χ1v) is 12.0. The second-order valence-electron chi connectivity index (χ2n) is 7.56. The average Bonchev–Trinajstić information content (AvgIpc) is 3.44. The van der Waals surface area contributed by atoms with Gasteiger partial charge in [0.1, 0.15) is 5.75 Å². The lowest BCUT2D eigenvalue weighted by Gasteiger charge is -2.27. The van der Waals surface area contributed by atoms with Crippen molar-refractivity contribution >= 4 is 21.6 Å². The quantitative estimate of drug-likeness (QED) is 0.426. The van der Waals surface area contributed by atoms with Crippen molar-refractivity contribution in [2.45, 2.75) is 17.9 Å². The van der Waals surface area contributed by atoms with E-state index in [1.165, 1.54) is 23.5 Å². The van der Waals surface area contributed by atoms with Crippen LogP contribution < -0.4 is 4.74 Å². The van der Waals surface area contributed by atoms with Gasteiger partial charge in [0.15, 0.2) is 5.69 Å². The number of aromatic nitrogens is 4. The van der Waals surface area contributed by atoms with E-state index < -0.39 is 10.0 Å². The Hall–Kier alpha value is -3.21. The average molecular weight is 486 g/mol. The summed E-state index contributed by atoms with van der Waals surface area (Å²) in [5, 5.41) is 13.1. The van der Waals surface area contributed by atoms with Crippen LogP contribution in [0, 0.1) is 0 Å². The van der Waals surface area contributed by atoms with E-state index in [-0.39, 0.29) is 22.4 Å². The molecule has 1 aliphatic rings. The maximum Gasteiger partial charge on any atom is 0.268 e. The molecule has 1 aliphatic heterocycles. The van der Waals surface area contributed by atoms with Crippen molar-refractivity contribution in [3.8, 4) is 28.8 Å². The van der Waals surface area contributed by atoms with Gasteiger partial charge in [0.05, 0.1) is 17.0 Å². The van der Waals surface area contributed by atoms with Crippen LogP contribution >= 0.6 is 11.6 Å². The summed E-state index contributed by atoms with van der Waals surface area (Å²) in [6.45, 7) is 0.449. The van der Waals surface area contributed by atoms with Gasteiger partial charge in [-0.25, -0.2) is 8.42 Å². The van der Waals surface area contributed by atoms with E-state index in [0.29, 0.717) is 30.3 Å². The number of ether oxygens (including phenoxy) is 1. The molecule has 3 heterocycles. The van der Waals surface area contributed by atoms with Crippen LogP contribution in [0.3, 0.4) is 0 Å². The largest absolute Gasteiger partial charge is 0.495 e. The minimum atomic E-state index is -3.79. The van der Waals surface area contributed by atoms with Crippen molar-refractivity contribution in [2.75, 3.05) is 13.7 Å². The number of aryl methyl sites for hydroxylation is 1. The van der Waals surface area contributed by atoms with Gasteiger partial charge in [-0.3, -0.25) is 4.68 Å². The van der Waals surface area contributed by atoms with E-state index in [1.807, 2.05) is 37.4 Å². The molecular formula is C22H20ClN5O4S. The molecule has 0 unspecified atom stereocenters. The summed E-state index contributed by atoms with van der Waals surface area (Å²) in [5.41, 5.74) is 2.95. The van der Waals surface area contributed by atoms with Crippen LogP contribution in [0.25, 0.3) is 23.0 Å². The van der Waals surface area contributed by atoms with E-state index >= 15 is 0 Å². The van der Waals surface area contributed by atoms with E-state index in [1.54, 1.807) is 10.7 Å². The molecule has 0 radical (unpaired) electrons.